The molecule has 3 aromatic heterocycles. The third-order valence-electron chi connectivity index (χ3n) is 7.53. The van der Waals surface area contributed by atoms with E-state index in [0.29, 0.717) is 34.8 Å². The first-order chi connectivity index (χ1) is 19.7. The van der Waals surface area contributed by atoms with Crippen LogP contribution in [0.5, 0.6) is 0 Å². The van der Waals surface area contributed by atoms with Gasteiger partial charge in [0.1, 0.15) is 35.3 Å². The van der Waals surface area contributed by atoms with Crippen LogP contribution in [-0.2, 0) is 29.0 Å². The molecule has 214 valence electrons. The molecule has 5 heterocycles. The van der Waals surface area contributed by atoms with Crippen LogP contribution in [-0.4, -0.2) is 69.9 Å². The Morgan fingerprint density at radius 2 is 2.02 bits per heavy atom. The zero-order chi connectivity index (χ0) is 28.6. The molecule has 2 aliphatic heterocycles. The first-order valence-electron chi connectivity index (χ1n) is 13.4. The molecule has 4 aromatic rings. The van der Waals surface area contributed by atoms with Crippen LogP contribution in [0.4, 0.5) is 19.0 Å². The number of aromatic nitrogens is 3. The number of likely N-dealkylation sites (tertiary alicyclic amines) is 1. The van der Waals surface area contributed by atoms with Gasteiger partial charge in [0, 0.05) is 48.0 Å². The standard InChI is InChI=1S/C28H28F3N7O2S/c29-28(30,31)10-22-9-23-26(34-16-35-27(23)41-22)36-19-3-5-37(6-4-19)13-17-1-2-24-18(7-17)8-20(11-32)38(24)14-21-12-33-25(39)15-40-21/h1-2,7-9,16,19,21H,3-6,10,12-15H2,(H,33,39)(H,34,35,36)/t21-/m0/s1. The van der Waals surface area contributed by atoms with Crippen LogP contribution >= 0.6 is 11.3 Å². The third-order valence-corrected chi connectivity index (χ3v) is 8.58. The van der Waals surface area contributed by atoms with Gasteiger partial charge in [-0.3, -0.25) is 9.69 Å². The zero-order valence-corrected chi connectivity index (χ0v) is 22.9. The summed E-state index contributed by atoms with van der Waals surface area (Å²) in [6.07, 6.45) is -2.26. The molecule has 1 aromatic carbocycles. The maximum atomic E-state index is 12.9. The minimum absolute atomic E-state index is 0.0301. The number of fused-ring (bicyclic) bond motifs is 2. The van der Waals surface area contributed by atoms with Crippen molar-refractivity contribution in [2.75, 3.05) is 31.6 Å². The van der Waals surface area contributed by atoms with E-state index in [4.69, 9.17) is 4.74 Å². The number of amides is 1. The number of ether oxygens (including phenoxy) is 1. The number of anilines is 1. The Bertz CT molecular complexity index is 1610. The molecule has 41 heavy (non-hydrogen) atoms. The molecule has 13 heteroatoms. The van der Waals surface area contributed by atoms with Crippen LogP contribution in [0, 0.1) is 11.3 Å². The number of thiophene rings is 1. The number of nitrogens with zero attached hydrogens (tertiary/aromatic N) is 5. The van der Waals surface area contributed by atoms with Crippen LogP contribution in [0.1, 0.15) is 29.0 Å². The Kier molecular flexibility index (Phi) is 7.54. The van der Waals surface area contributed by atoms with Gasteiger partial charge >= 0.3 is 6.18 Å². The molecule has 1 amide bonds. The van der Waals surface area contributed by atoms with E-state index in [2.05, 4.69) is 43.7 Å². The molecule has 2 fully saturated rings. The monoisotopic (exact) mass is 583 g/mol. The molecule has 2 N–H and O–H groups in total. The van der Waals surface area contributed by atoms with Crippen molar-refractivity contribution in [1.82, 2.24) is 24.8 Å². The molecule has 2 aliphatic rings. The van der Waals surface area contributed by atoms with Gasteiger partial charge in [-0.05, 0) is 42.7 Å². The van der Waals surface area contributed by atoms with E-state index in [1.54, 1.807) is 6.07 Å². The molecule has 9 nitrogen and oxygen atoms in total. The fourth-order valence-electron chi connectivity index (χ4n) is 5.55. The Labute approximate surface area is 237 Å². The first kappa shape index (κ1) is 27.4. The Hall–Kier alpha value is -3.73. The van der Waals surface area contributed by atoms with Crippen molar-refractivity contribution >= 4 is 44.2 Å². The molecule has 0 unspecified atom stereocenters. The number of alkyl halides is 3. The van der Waals surface area contributed by atoms with Crippen molar-refractivity contribution in [1.29, 1.82) is 5.26 Å². The van der Waals surface area contributed by atoms with E-state index >= 15 is 0 Å². The second-order valence-electron chi connectivity index (χ2n) is 10.5. The largest absolute Gasteiger partial charge is 0.393 e. The average Bonchev–Trinajstić information content (AvgIpc) is 3.50. The molecule has 0 bridgehead atoms. The Morgan fingerprint density at radius 3 is 2.76 bits per heavy atom. The average molecular weight is 584 g/mol. The highest BCUT2D eigenvalue weighted by Gasteiger charge is 2.29. The van der Waals surface area contributed by atoms with Crippen LogP contribution in [0.25, 0.3) is 21.1 Å². The molecule has 0 radical (unpaired) electrons. The van der Waals surface area contributed by atoms with Gasteiger partial charge in [-0.15, -0.1) is 11.3 Å². The summed E-state index contributed by atoms with van der Waals surface area (Å²) in [5.74, 6) is 0.457. The summed E-state index contributed by atoms with van der Waals surface area (Å²) in [4.78, 5) is 23.0. The van der Waals surface area contributed by atoms with E-state index in [0.717, 1.165) is 60.3 Å². The molecular weight excluding hydrogens is 555 g/mol. The van der Waals surface area contributed by atoms with E-state index in [-0.39, 0.29) is 29.5 Å². The minimum Gasteiger partial charge on any atom is -0.367 e. The lowest BCUT2D eigenvalue weighted by molar-refractivity contribution is -0.133. The van der Waals surface area contributed by atoms with Gasteiger partial charge in [-0.1, -0.05) is 6.07 Å². The number of morpholine rings is 1. The van der Waals surface area contributed by atoms with Crippen molar-refractivity contribution < 1.29 is 22.7 Å². The lowest BCUT2D eigenvalue weighted by Crippen LogP contribution is -2.44. The number of benzene rings is 1. The number of hydrogen-bond donors (Lipinski definition) is 2. The summed E-state index contributed by atoms with van der Waals surface area (Å²) < 4.78 is 46.2. The lowest BCUT2D eigenvalue weighted by atomic mass is 10.0. The van der Waals surface area contributed by atoms with E-state index in [1.165, 1.54) is 6.33 Å². The van der Waals surface area contributed by atoms with Crippen LogP contribution in [0.15, 0.2) is 36.7 Å². The van der Waals surface area contributed by atoms with Crippen molar-refractivity contribution in [3.05, 3.63) is 52.8 Å². The summed E-state index contributed by atoms with van der Waals surface area (Å²) in [5.41, 5.74) is 2.66. The second-order valence-corrected chi connectivity index (χ2v) is 11.6. The van der Waals surface area contributed by atoms with Gasteiger partial charge in [0.25, 0.3) is 0 Å². The lowest BCUT2D eigenvalue weighted by Gasteiger charge is -2.32. The normalized spacial score (nSPS) is 19.0. The number of hydrogen-bond acceptors (Lipinski definition) is 8. The zero-order valence-electron chi connectivity index (χ0n) is 22.1. The maximum Gasteiger partial charge on any atom is 0.393 e. The summed E-state index contributed by atoms with van der Waals surface area (Å²) in [6.45, 7) is 3.43. The van der Waals surface area contributed by atoms with Gasteiger partial charge in [0.15, 0.2) is 0 Å². The molecule has 0 aliphatic carbocycles. The number of halogens is 3. The Morgan fingerprint density at radius 1 is 1.20 bits per heavy atom. The van der Waals surface area contributed by atoms with Gasteiger partial charge in [-0.25, -0.2) is 9.97 Å². The maximum absolute atomic E-state index is 12.9. The minimum atomic E-state index is -4.26. The number of carbonyl (C=O) groups is 1. The predicted molar refractivity (Wildman–Crippen MR) is 148 cm³/mol. The summed E-state index contributed by atoms with van der Waals surface area (Å²) in [6, 6.07) is 12.1. The number of piperidine rings is 1. The van der Waals surface area contributed by atoms with Gasteiger partial charge in [-0.2, -0.15) is 18.4 Å². The molecule has 0 spiro atoms. The fraction of sp³-hybridized carbons (Fsp3) is 0.429. The van der Waals surface area contributed by atoms with E-state index in [9.17, 15) is 23.2 Å². The summed E-state index contributed by atoms with van der Waals surface area (Å²) in [5, 5.41) is 17.6. The summed E-state index contributed by atoms with van der Waals surface area (Å²) >= 11 is 1.06. The summed E-state index contributed by atoms with van der Waals surface area (Å²) in [7, 11) is 0. The van der Waals surface area contributed by atoms with Gasteiger partial charge < -0.3 is 19.9 Å². The van der Waals surface area contributed by atoms with Crippen molar-refractivity contribution in [2.24, 2.45) is 0 Å². The Balaban J connectivity index is 1.07. The highest BCUT2D eigenvalue weighted by molar-refractivity contribution is 7.18. The van der Waals surface area contributed by atoms with Crippen LogP contribution < -0.4 is 10.6 Å². The quantitative estimate of drug-likeness (QED) is 0.336. The van der Waals surface area contributed by atoms with Gasteiger partial charge in [0.2, 0.25) is 5.91 Å². The number of rotatable bonds is 7. The number of nitrogens with one attached hydrogen (secondary N) is 2. The smallest absolute Gasteiger partial charge is 0.367 e. The first-order valence-corrected chi connectivity index (χ1v) is 14.3. The highest BCUT2D eigenvalue weighted by atomic mass is 32.1. The van der Waals surface area contributed by atoms with Crippen LogP contribution in [0.2, 0.25) is 0 Å². The third kappa shape index (κ3) is 6.29. The molecule has 6 rings (SSSR count). The topological polar surface area (TPSA) is 108 Å². The molecule has 0 saturated carbocycles. The SMILES string of the molecule is N#Cc1cc2cc(CN3CCC(Nc4ncnc5sc(CC(F)(F)F)cc45)CC3)ccc2n1C[C@@H]1CNC(=O)CO1. The second kappa shape index (κ2) is 11.3. The fourth-order valence-corrected chi connectivity index (χ4v) is 6.58. The molecular formula is C28H28F3N7O2S. The number of nitriles is 1. The van der Waals surface area contributed by atoms with Gasteiger partial charge in [0.05, 0.1) is 24.5 Å². The molecule has 1 atom stereocenters. The number of carbonyl (C=O) groups excluding carboxylic acids is 1. The predicted octanol–water partition coefficient (Wildman–Crippen LogP) is 4.21. The van der Waals surface area contributed by atoms with Crippen LogP contribution in [0.3, 0.4) is 0 Å². The van der Waals surface area contributed by atoms with E-state index in [1.807, 2.05) is 16.7 Å². The van der Waals surface area contributed by atoms with Crippen molar-refractivity contribution in [2.45, 2.75) is 50.7 Å². The van der Waals surface area contributed by atoms with Crippen molar-refractivity contribution in [3.8, 4) is 6.07 Å². The van der Waals surface area contributed by atoms with Crippen molar-refractivity contribution in [3.63, 3.8) is 0 Å². The highest BCUT2D eigenvalue weighted by Crippen LogP contribution is 2.33. The van der Waals surface area contributed by atoms with E-state index < -0.39 is 12.6 Å². The molecule has 2 saturated heterocycles.